The van der Waals surface area contributed by atoms with Crippen molar-refractivity contribution >= 4 is 22.9 Å². The van der Waals surface area contributed by atoms with Crippen LogP contribution in [0.3, 0.4) is 0 Å². The number of hydrogen-bond acceptors (Lipinski definition) is 4. The van der Waals surface area contributed by atoms with E-state index in [1.54, 1.807) is 12.3 Å². The molecule has 1 aromatic carbocycles. The molecule has 1 N–H and O–H groups in total. The van der Waals surface area contributed by atoms with Crippen LogP contribution >= 0.6 is 11.3 Å². The highest BCUT2D eigenvalue weighted by atomic mass is 32.1. The Morgan fingerprint density at radius 3 is 2.68 bits per heavy atom. The highest BCUT2D eigenvalue weighted by Gasteiger charge is 2.06. The van der Waals surface area contributed by atoms with Crippen LogP contribution in [-0.2, 0) is 0 Å². The summed E-state index contributed by atoms with van der Waals surface area (Å²) in [6.45, 7) is 0. The summed E-state index contributed by atoms with van der Waals surface area (Å²) in [5.41, 5.74) is 2.34. The monoisotopic (exact) mass is 270 g/mol. The van der Waals surface area contributed by atoms with E-state index < -0.39 is 0 Å². The van der Waals surface area contributed by atoms with Crippen molar-refractivity contribution in [2.24, 2.45) is 0 Å². The zero-order chi connectivity index (χ0) is 13.1. The predicted octanol–water partition coefficient (Wildman–Crippen LogP) is 3.66. The molecule has 4 nitrogen and oxygen atoms in total. The van der Waals surface area contributed by atoms with Crippen molar-refractivity contribution in [2.75, 3.05) is 5.32 Å². The Morgan fingerprint density at radius 2 is 2.05 bits per heavy atom. The van der Waals surface area contributed by atoms with Gasteiger partial charge in [0.15, 0.2) is 12.2 Å². The van der Waals surface area contributed by atoms with E-state index in [1.165, 1.54) is 17.7 Å². The van der Waals surface area contributed by atoms with Crippen LogP contribution in [0.1, 0.15) is 10.4 Å². The highest BCUT2D eigenvalue weighted by molar-refractivity contribution is 7.08. The quantitative estimate of drug-likeness (QED) is 0.790. The van der Waals surface area contributed by atoms with Gasteiger partial charge in [0.1, 0.15) is 0 Å². The zero-order valence-corrected chi connectivity index (χ0v) is 10.7. The number of nitrogens with one attached hydrogen (secondary N) is 1. The van der Waals surface area contributed by atoms with Gasteiger partial charge in [-0.05, 0) is 35.7 Å². The number of amides is 1. The van der Waals surface area contributed by atoms with Crippen LogP contribution in [0.4, 0.5) is 5.69 Å². The number of benzene rings is 1. The van der Waals surface area contributed by atoms with Crippen LogP contribution in [0.5, 0.6) is 0 Å². The Hall–Kier alpha value is -2.40. The Bertz CT molecular complexity index is 658. The normalized spacial score (nSPS) is 10.3. The van der Waals surface area contributed by atoms with Crippen molar-refractivity contribution in [3.05, 3.63) is 59.2 Å². The maximum atomic E-state index is 11.9. The molecular weight excluding hydrogens is 260 g/mol. The Kier molecular flexibility index (Phi) is 3.12. The number of thiophene rings is 1. The number of carbonyl (C=O) groups is 1. The minimum Gasteiger partial charge on any atom is -0.444 e. The fourth-order valence-corrected chi connectivity index (χ4v) is 2.31. The SMILES string of the molecule is O=C(Nc1ccc(-c2cnco2)cc1)c1ccsc1. The molecule has 2 aromatic heterocycles. The summed E-state index contributed by atoms with van der Waals surface area (Å²) in [6.07, 6.45) is 3.04. The summed E-state index contributed by atoms with van der Waals surface area (Å²) in [5, 5.41) is 6.53. The topological polar surface area (TPSA) is 55.1 Å². The lowest BCUT2D eigenvalue weighted by atomic mass is 10.1. The highest BCUT2D eigenvalue weighted by Crippen LogP contribution is 2.21. The van der Waals surface area contributed by atoms with Gasteiger partial charge in [-0.15, -0.1) is 0 Å². The molecule has 0 spiro atoms. The summed E-state index contributed by atoms with van der Waals surface area (Å²) < 4.78 is 5.20. The van der Waals surface area contributed by atoms with Gasteiger partial charge in [-0.3, -0.25) is 4.79 Å². The molecule has 0 unspecified atom stereocenters. The lowest BCUT2D eigenvalue weighted by Gasteiger charge is -2.04. The number of hydrogen-bond donors (Lipinski definition) is 1. The average molecular weight is 270 g/mol. The second kappa shape index (κ2) is 5.07. The molecule has 0 saturated heterocycles. The molecule has 3 rings (SSSR count). The van der Waals surface area contributed by atoms with E-state index in [0.29, 0.717) is 11.3 Å². The molecule has 0 aliphatic carbocycles. The molecule has 0 aliphatic rings. The minimum atomic E-state index is -0.103. The van der Waals surface area contributed by atoms with Crippen LogP contribution in [-0.4, -0.2) is 10.9 Å². The van der Waals surface area contributed by atoms with Gasteiger partial charge in [0.2, 0.25) is 0 Å². The summed E-state index contributed by atoms with van der Waals surface area (Å²) in [7, 11) is 0. The third kappa shape index (κ3) is 2.56. The molecule has 0 fully saturated rings. The number of carbonyl (C=O) groups excluding carboxylic acids is 1. The summed E-state index contributed by atoms with van der Waals surface area (Å²) in [4.78, 5) is 15.7. The first kappa shape index (κ1) is 11.7. The van der Waals surface area contributed by atoms with E-state index in [9.17, 15) is 4.79 Å². The van der Waals surface area contributed by atoms with Crippen LogP contribution in [0.25, 0.3) is 11.3 Å². The van der Waals surface area contributed by atoms with Crippen molar-refractivity contribution < 1.29 is 9.21 Å². The molecule has 0 aliphatic heterocycles. The largest absolute Gasteiger partial charge is 0.444 e. The van der Waals surface area contributed by atoms with Gasteiger partial charge in [-0.2, -0.15) is 11.3 Å². The maximum Gasteiger partial charge on any atom is 0.256 e. The molecule has 19 heavy (non-hydrogen) atoms. The third-order valence-corrected chi connectivity index (χ3v) is 3.33. The van der Waals surface area contributed by atoms with E-state index in [4.69, 9.17) is 4.42 Å². The van der Waals surface area contributed by atoms with Gasteiger partial charge in [-0.1, -0.05) is 0 Å². The van der Waals surface area contributed by atoms with Gasteiger partial charge >= 0.3 is 0 Å². The number of nitrogens with zero attached hydrogens (tertiary/aromatic N) is 1. The van der Waals surface area contributed by atoms with Gasteiger partial charge in [0.25, 0.3) is 5.91 Å². The molecule has 3 aromatic rings. The van der Waals surface area contributed by atoms with Gasteiger partial charge < -0.3 is 9.73 Å². The van der Waals surface area contributed by atoms with E-state index in [1.807, 2.05) is 35.0 Å². The first-order chi connectivity index (χ1) is 9.33. The smallest absolute Gasteiger partial charge is 0.256 e. The molecule has 0 saturated carbocycles. The molecular formula is C14H10N2O2S. The fourth-order valence-electron chi connectivity index (χ4n) is 1.67. The van der Waals surface area contributed by atoms with Crippen molar-refractivity contribution in [2.45, 2.75) is 0 Å². The lowest BCUT2D eigenvalue weighted by molar-refractivity contribution is 0.102. The molecule has 0 atom stereocenters. The number of aromatic nitrogens is 1. The number of oxazole rings is 1. The fraction of sp³-hybridized carbons (Fsp3) is 0. The second-order valence-electron chi connectivity index (χ2n) is 3.91. The lowest BCUT2D eigenvalue weighted by Crippen LogP contribution is -2.10. The van der Waals surface area contributed by atoms with E-state index in [-0.39, 0.29) is 5.91 Å². The van der Waals surface area contributed by atoms with E-state index >= 15 is 0 Å². The Morgan fingerprint density at radius 1 is 1.21 bits per heavy atom. The average Bonchev–Trinajstić information content (AvgIpc) is 3.13. The van der Waals surface area contributed by atoms with Crippen molar-refractivity contribution in [3.63, 3.8) is 0 Å². The number of anilines is 1. The first-order valence-electron chi connectivity index (χ1n) is 5.65. The zero-order valence-electron chi connectivity index (χ0n) is 9.87. The van der Waals surface area contributed by atoms with Crippen LogP contribution in [0.2, 0.25) is 0 Å². The molecule has 5 heteroatoms. The summed E-state index contributed by atoms with van der Waals surface area (Å²) in [5.74, 6) is 0.601. The molecule has 1 amide bonds. The van der Waals surface area contributed by atoms with Crippen molar-refractivity contribution in [1.29, 1.82) is 0 Å². The van der Waals surface area contributed by atoms with Crippen LogP contribution in [0, 0.1) is 0 Å². The van der Waals surface area contributed by atoms with E-state index in [2.05, 4.69) is 10.3 Å². The third-order valence-electron chi connectivity index (χ3n) is 2.64. The Balaban J connectivity index is 1.75. The van der Waals surface area contributed by atoms with Crippen LogP contribution in [0.15, 0.2) is 58.1 Å². The van der Waals surface area contributed by atoms with Crippen molar-refractivity contribution in [3.8, 4) is 11.3 Å². The predicted molar refractivity (Wildman–Crippen MR) is 74.2 cm³/mol. The summed E-state index contributed by atoms with van der Waals surface area (Å²) in [6, 6.07) is 9.22. The molecule has 0 radical (unpaired) electrons. The summed E-state index contributed by atoms with van der Waals surface area (Å²) >= 11 is 1.50. The molecule has 94 valence electrons. The minimum absolute atomic E-state index is 0.103. The standard InChI is InChI=1S/C14H10N2O2S/c17-14(11-5-6-19-8-11)16-12-3-1-10(2-4-12)13-7-15-9-18-13/h1-9H,(H,16,17). The Labute approximate surface area is 113 Å². The molecule has 2 heterocycles. The maximum absolute atomic E-state index is 11.9. The number of rotatable bonds is 3. The van der Waals surface area contributed by atoms with Gasteiger partial charge in [0.05, 0.1) is 11.8 Å². The van der Waals surface area contributed by atoms with E-state index in [0.717, 1.165) is 11.3 Å². The second-order valence-corrected chi connectivity index (χ2v) is 4.69. The molecule has 0 bridgehead atoms. The van der Waals surface area contributed by atoms with Gasteiger partial charge in [-0.25, -0.2) is 4.98 Å². The first-order valence-corrected chi connectivity index (χ1v) is 6.60. The van der Waals surface area contributed by atoms with Gasteiger partial charge in [0, 0.05) is 16.6 Å². The van der Waals surface area contributed by atoms with Crippen molar-refractivity contribution in [1.82, 2.24) is 4.98 Å². The van der Waals surface area contributed by atoms with Crippen LogP contribution < -0.4 is 5.32 Å².